The fourth-order valence-corrected chi connectivity index (χ4v) is 3.47. The average Bonchev–Trinajstić information content (AvgIpc) is 2.66. The number of hydrogen-bond acceptors (Lipinski definition) is 2. The van der Waals surface area contributed by atoms with Crippen LogP contribution in [0, 0.1) is 5.41 Å². The SMILES string of the molecule is CC1(C)CCC(NC(CN)c2ccc(Cl)cc2Cl)C1. The minimum absolute atomic E-state index is 0.101. The molecule has 106 valence electrons. The van der Waals surface area contributed by atoms with Crippen molar-refractivity contribution in [2.75, 3.05) is 6.54 Å². The van der Waals surface area contributed by atoms with Gasteiger partial charge in [-0.15, -0.1) is 0 Å². The molecule has 0 bridgehead atoms. The van der Waals surface area contributed by atoms with Crippen molar-refractivity contribution in [3.05, 3.63) is 33.8 Å². The van der Waals surface area contributed by atoms with Crippen molar-refractivity contribution in [2.24, 2.45) is 11.1 Å². The molecule has 2 atom stereocenters. The lowest BCUT2D eigenvalue weighted by atomic mass is 9.91. The first kappa shape index (κ1) is 15.1. The van der Waals surface area contributed by atoms with E-state index in [1.807, 2.05) is 12.1 Å². The molecule has 1 fully saturated rings. The molecule has 0 aliphatic heterocycles. The monoisotopic (exact) mass is 300 g/mol. The summed E-state index contributed by atoms with van der Waals surface area (Å²) in [5.41, 5.74) is 7.37. The van der Waals surface area contributed by atoms with Crippen molar-refractivity contribution < 1.29 is 0 Å². The van der Waals surface area contributed by atoms with E-state index in [0.29, 0.717) is 28.0 Å². The maximum absolute atomic E-state index is 6.26. The van der Waals surface area contributed by atoms with Crippen LogP contribution < -0.4 is 11.1 Å². The van der Waals surface area contributed by atoms with E-state index in [4.69, 9.17) is 28.9 Å². The van der Waals surface area contributed by atoms with Crippen molar-refractivity contribution in [3.63, 3.8) is 0 Å². The lowest BCUT2D eigenvalue weighted by molar-refractivity contribution is 0.353. The van der Waals surface area contributed by atoms with E-state index >= 15 is 0 Å². The summed E-state index contributed by atoms with van der Waals surface area (Å²) in [5.74, 6) is 0. The van der Waals surface area contributed by atoms with Gasteiger partial charge in [0.25, 0.3) is 0 Å². The molecule has 0 radical (unpaired) electrons. The molecule has 1 aromatic rings. The van der Waals surface area contributed by atoms with E-state index in [-0.39, 0.29) is 6.04 Å². The molecule has 0 spiro atoms. The Bertz CT molecular complexity index is 446. The Hall–Kier alpha value is -0.280. The first-order chi connectivity index (χ1) is 8.91. The van der Waals surface area contributed by atoms with Crippen LogP contribution in [0.5, 0.6) is 0 Å². The Morgan fingerprint density at radius 1 is 1.42 bits per heavy atom. The summed E-state index contributed by atoms with van der Waals surface area (Å²) in [4.78, 5) is 0. The third-order valence-corrected chi connectivity index (χ3v) is 4.54. The molecule has 1 aliphatic carbocycles. The molecule has 2 nitrogen and oxygen atoms in total. The van der Waals surface area contributed by atoms with Crippen molar-refractivity contribution in [3.8, 4) is 0 Å². The molecule has 2 rings (SSSR count). The largest absolute Gasteiger partial charge is 0.329 e. The van der Waals surface area contributed by atoms with E-state index < -0.39 is 0 Å². The predicted molar refractivity (Wildman–Crippen MR) is 82.8 cm³/mol. The van der Waals surface area contributed by atoms with Crippen LogP contribution >= 0.6 is 23.2 Å². The van der Waals surface area contributed by atoms with Gasteiger partial charge in [0.05, 0.1) is 0 Å². The van der Waals surface area contributed by atoms with Crippen LogP contribution in [0.4, 0.5) is 0 Å². The second-order valence-corrected chi connectivity index (χ2v) is 7.07. The summed E-state index contributed by atoms with van der Waals surface area (Å²) in [6.45, 7) is 5.18. The van der Waals surface area contributed by atoms with Crippen LogP contribution in [-0.2, 0) is 0 Å². The number of rotatable bonds is 4. The van der Waals surface area contributed by atoms with Crippen LogP contribution in [0.1, 0.15) is 44.7 Å². The number of nitrogens with two attached hydrogens (primary N) is 1. The van der Waals surface area contributed by atoms with Crippen LogP contribution in [0.3, 0.4) is 0 Å². The highest BCUT2D eigenvalue weighted by Gasteiger charge is 2.32. The minimum atomic E-state index is 0.101. The van der Waals surface area contributed by atoms with Gasteiger partial charge >= 0.3 is 0 Å². The van der Waals surface area contributed by atoms with Crippen LogP contribution in [0.25, 0.3) is 0 Å². The molecular formula is C15H22Cl2N2. The Kier molecular flexibility index (Phi) is 4.78. The number of hydrogen-bond donors (Lipinski definition) is 2. The summed E-state index contributed by atoms with van der Waals surface area (Å²) >= 11 is 12.2. The maximum Gasteiger partial charge on any atom is 0.0469 e. The lowest BCUT2D eigenvalue weighted by Gasteiger charge is -2.24. The zero-order chi connectivity index (χ0) is 14.0. The normalized spacial score (nSPS) is 23.5. The van der Waals surface area contributed by atoms with E-state index in [1.165, 1.54) is 19.3 Å². The molecule has 1 aliphatic rings. The fraction of sp³-hybridized carbons (Fsp3) is 0.600. The topological polar surface area (TPSA) is 38.0 Å². The summed E-state index contributed by atoms with van der Waals surface area (Å²) in [5, 5.41) is 4.99. The summed E-state index contributed by atoms with van der Waals surface area (Å²) in [6, 6.07) is 6.24. The number of nitrogens with one attached hydrogen (secondary N) is 1. The first-order valence-electron chi connectivity index (χ1n) is 6.82. The molecular weight excluding hydrogens is 279 g/mol. The molecule has 19 heavy (non-hydrogen) atoms. The maximum atomic E-state index is 6.26. The molecule has 4 heteroatoms. The van der Waals surface area contributed by atoms with E-state index in [2.05, 4.69) is 19.2 Å². The average molecular weight is 301 g/mol. The minimum Gasteiger partial charge on any atom is -0.329 e. The predicted octanol–water partition coefficient (Wildman–Crippen LogP) is 4.16. The second kappa shape index (κ2) is 6.01. The Morgan fingerprint density at radius 2 is 2.16 bits per heavy atom. The van der Waals surface area contributed by atoms with Gasteiger partial charge in [0, 0.05) is 28.7 Å². The Morgan fingerprint density at radius 3 is 2.68 bits per heavy atom. The molecule has 2 unspecified atom stereocenters. The first-order valence-corrected chi connectivity index (χ1v) is 7.58. The molecule has 0 saturated heterocycles. The van der Waals surface area contributed by atoms with E-state index in [1.54, 1.807) is 6.07 Å². The van der Waals surface area contributed by atoms with E-state index in [0.717, 1.165) is 5.56 Å². The van der Waals surface area contributed by atoms with Crippen LogP contribution in [0.2, 0.25) is 10.0 Å². The van der Waals surface area contributed by atoms with Gasteiger partial charge in [0.2, 0.25) is 0 Å². The third kappa shape index (κ3) is 3.85. The highest BCUT2D eigenvalue weighted by Crippen LogP contribution is 2.38. The van der Waals surface area contributed by atoms with Gasteiger partial charge in [0.1, 0.15) is 0 Å². The van der Waals surface area contributed by atoms with Crippen molar-refractivity contribution in [1.29, 1.82) is 0 Å². The summed E-state index contributed by atoms with van der Waals surface area (Å²) < 4.78 is 0. The highest BCUT2D eigenvalue weighted by molar-refractivity contribution is 6.35. The quantitative estimate of drug-likeness (QED) is 0.876. The fourth-order valence-electron chi connectivity index (χ4n) is 2.93. The van der Waals surface area contributed by atoms with Gasteiger partial charge < -0.3 is 11.1 Å². The van der Waals surface area contributed by atoms with Crippen molar-refractivity contribution >= 4 is 23.2 Å². The van der Waals surface area contributed by atoms with Crippen molar-refractivity contribution in [2.45, 2.75) is 45.2 Å². The molecule has 0 aromatic heterocycles. The molecule has 1 aromatic carbocycles. The Labute approximate surface area is 125 Å². The van der Waals surface area contributed by atoms with Gasteiger partial charge in [-0.3, -0.25) is 0 Å². The van der Waals surface area contributed by atoms with Gasteiger partial charge in [-0.25, -0.2) is 0 Å². The van der Waals surface area contributed by atoms with Gasteiger partial charge in [-0.05, 0) is 42.4 Å². The van der Waals surface area contributed by atoms with E-state index in [9.17, 15) is 0 Å². The third-order valence-electron chi connectivity index (χ3n) is 3.98. The van der Waals surface area contributed by atoms with Gasteiger partial charge in [0.15, 0.2) is 0 Å². The molecule has 0 heterocycles. The second-order valence-electron chi connectivity index (χ2n) is 6.22. The number of halogens is 2. The smallest absolute Gasteiger partial charge is 0.0469 e. The summed E-state index contributed by atoms with van der Waals surface area (Å²) in [7, 11) is 0. The Balaban J connectivity index is 2.08. The lowest BCUT2D eigenvalue weighted by Crippen LogP contribution is -2.35. The van der Waals surface area contributed by atoms with Crippen molar-refractivity contribution in [1.82, 2.24) is 5.32 Å². The van der Waals surface area contributed by atoms with Crippen LogP contribution in [0.15, 0.2) is 18.2 Å². The van der Waals surface area contributed by atoms with Gasteiger partial charge in [-0.1, -0.05) is 43.1 Å². The molecule has 1 saturated carbocycles. The summed E-state index contributed by atoms with van der Waals surface area (Å²) in [6.07, 6.45) is 3.65. The molecule has 3 N–H and O–H groups in total. The number of benzene rings is 1. The van der Waals surface area contributed by atoms with Gasteiger partial charge in [-0.2, -0.15) is 0 Å². The zero-order valence-corrected chi connectivity index (χ0v) is 13.1. The standard InChI is InChI=1S/C15H22Cl2N2/c1-15(2)6-5-11(8-15)19-14(9-18)12-4-3-10(16)7-13(12)17/h3-4,7,11,14,19H,5-6,8-9,18H2,1-2H3. The van der Waals surface area contributed by atoms with Crippen LogP contribution in [-0.4, -0.2) is 12.6 Å². The highest BCUT2D eigenvalue weighted by atomic mass is 35.5. The molecule has 0 amide bonds. The zero-order valence-electron chi connectivity index (χ0n) is 11.5.